The Bertz CT molecular complexity index is 678. The fourth-order valence-corrected chi connectivity index (χ4v) is 5.42. The number of amides is 1. The number of carboxylic acid groups (broad SMARTS) is 1. The van der Waals surface area contributed by atoms with Crippen molar-refractivity contribution in [1.29, 1.82) is 0 Å². The maximum atomic E-state index is 12.6. The number of allylic oxidation sites excluding steroid dienone is 1. The van der Waals surface area contributed by atoms with E-state index in [1.165, 1.54) is 116 Å². The summed E-state index contributed by atoms with van der Waals surface area (Å²) in [7, 11) is 0. The molecule has 0 radical (unpaired) electrons. The quantitative estimate of drug-likeness (QED) is 0.0440. The van der Waals surface area contributed by atoms with E-state index < -0.39 is 5.97 Å². The number of carbonyl (C=O) groups is 3. The molecule has 6 heteroatoms. The van der Waals surface area contributed by atoms with Gasteiger partial charge in [-0.1, -0.05) is 148 Å². The lowest BCUT2D eigenvalue weighted by Crippen LogP contribution is -2.28. The van der Waals surface area contributed by atoms with E-state index in [1.807, 2.05) is 0 Å². The average Bonchev–Trinajstić information content (AvgIpc) is 2.99. The first-order chi connectivity index (χ1) is 21.0. The van der Waals surface area contributed by atoms with Gasteiger partial charge in [-0.25, -0.2) is 0 Å². The molecule has 0 aliphatic carbocycles. The van der Waals surface area contributed by atoms with Crippen LogP contribution in [0, 0.1) is 0 Å². The third kappa shape index (κ3) is 32.9. The van der Waals surface area contributed by atoms with Gasteiger partial charge >= 0.3 is 11.9 Å². The van der Waals surface area contributed by atoms with Gasteiger partial charge in [0.25, 0.3) is 0 Å². The van der Waals surface area contributed by atoms with E-state index in [0.29, 0.717) is 12.8 Å². The van der Waals surface area contributed by atoms with E-state index in [-0.39, 0.29) is 24.5 Å². The molecule has 0 fully saturated rings. The molecule has 43 heavy (non-hydrogen) atoms. The van der Waals surface area contributed by atoms with Crippen LogP contribution in [0.25, 0.3) is 0 Å². The number of rotatable bonds is 33. The minimum atomic E-state index is -1.03. The molecular weight excluding hydrogens is 538 g/mol. The largest absolute Gasteiger partial charge is 0.480 e. The minimum absolute atomic E-state index is 0.0811. The molecule has 1 atom stereocenters. The molecule has 0 saturated carbocycles. The van der Waals surface area contributed by atoms with E-state index in [1.54, 1.807) is 0 Å². The Morgan fingerprint density at radius 2 is 1.05 bits per heavy atom. The van der Waals surface area contributed by atoms with Crippen molar-refractivity contribution < 1.29 is 24.2 Å². The normalized spacial score (nSPS) is 12.0. The first-order valence-electron chi connectivity index (χ1n) is 18.3. The highest BCUT2D eigenvalue weighted by Gasteiger charge is 2.12. The van der Waals surface area contributed by atoms with Crippen LogP contribution in [0.15, 0.2) is 12.2 Å². The van der Waals surface area contributed by atoms with E-state index >= 15 is 0 Å². The van der Waals surface area contributed by atoms with Gasteiger partial charge in [0.2, 0.25) is 5.91 Å². The van der Waals surface area contributed by atoms with Crippen LogP contribution in [-0.2, 0) is 19.1 Å². The molecule has 0 aliphatic heterocycles. The number of ether oxygens (including phenoxy) is 1. The Labute approximate surface area is 265 Å². The molecule has 0 aliphatic rings. The zero-order chi connectivity index (χ0) is 31.6. The Morgan fingerprint density at radius 1 is 0.605 bits per heavy atom. The van der Waals surface area contributed by atoms with Gasteiger partial charge in [0, 0.05) is 12.8 Å². The molecule has 0 aromatic rings. The lowest BCUT2D eigenvalue weighted by molar-refractivity contribution is -0.147. The molecule has 0 heterocycles. The summed E-state index contributed by atoms with van der Waals surface area (Å²) in [5.41, 5.74) is 0. The van der Waals surface area contributed by atoms with Crippen molar-refractivity contribution in [2.45, 2.75) is 200 Å². The molecule has 1 unspecified atom stereocenters. The second-order valence-electron chi connectivity index (χ2n) is 12.5. The van der Waals surface area contributed by atoms with Gasteiger partial charge < -0.3 is 15.2 Å². The standard InChI is InChI=1S/C37H69NO5/c1-3-5-7-9-11-12-13-14-15-16-17-18-20-22-28-32-37(42)43-34(29-25-21-19-10-8-6-4-2)30-26-23-24-27-31-35(39)38-33-36(40)41/h25,29,34H,3-24,26-28,30-33H2,1-2H3,(H,38,39)(H,40,41)/b29-25-. The predicted molar refractivity (Wildman–Crippen MR) is 180 cm³/mol. The minimum Gasteiger partial charge on any atom is -0.480 e. The number of carbonyl (C=O) groups excluding carboxylic acids is 2. The summed E-state index contributed by atoms with van der Waals surface area (Å²) >= 11 is 0. The summed E-state index contributed by atoms with van der Waals surface area (Å²) in [6, 6.07) is 0. The Hall–Kier alpha value is -1.85. The smallest absolute Gasteiger partial charge is 0.322 e. The van der Waals surface area contributed by atoms with Crippen LogP contribution in [0.2, 0.25) is 0 Å². The van der Waals surface area contributed by atoms with Crippen LogP contribution >= 0.6 is 0 Å². The summed E-state index contributed by atoms with van der Waals surface area (Å²) in [6.45, 7) is 4.18. The van der Waals surface area contributed by atoms with Gasteiger partial charge in [0.1, 0.15) is 12.6 Å². The van der Waals surface area contributed by atoms with Crippen LogP contribution in [-0.4, -0.2) is 35.6 Å². The second-order valence-corrected chi connectivity index (χ2v) is 12.5. The fraction of sp³-hybridized carbons (Fsp3) is 0.865. The van der Waals surface area contributed by atoms with Crippen LogP contribution in [0.3, 0.4) is 0 Å². The summed E-state index contributed by atoms with van der Waals surface area (Å²) < 4.78 is 5.87. The van der Waals surface area contributed by atoms with Gasteiger partial charge in [-0.2, -0.15) is 0 Å². The lowest BCUT2D eigenvalue weighted by Gasteiger charge is -2.15. The van der Waals surface area contributed by atoms with E-state index in [0.717, 1.165) is 51.4 Å². The highest BCUT2D eigenvalue weighted by atomic mass is 16.5. The zero-order valence-corrected chi connectivity index (χ0v) is 28.3. The molecule has 0 bridgehead atoms. The average molecular weight is 608 g/mol. The number of hydrogen-bond donors (Lipinski definition) is 2. The molecule has 1 amide bonds. The predicted octanol–water partition coefficient (Wildman–Crippen LogP) is 10.6. The molecule has 6 nitrogen and oxygen atoms in total. The van der Waals surface area contributed by atoms with E-state index in [4.69, 9.17) is 9.84 Å². The topological polar surface area (TPSA) is 92.7 Å². The van der Waals surface area contributed by atoms with Crippen molar-refractivity contribution in [1.82, 2.24) is 5.32 Å². The monoisotopic (exact) mass is 608 g/mol. The first kappa shape index (κ1) is 41.1. The van der Waals surface area contributed by atoms with Crippen molar-refractivity contribution in [2.24, 2.45) is 0 Å². The maximum Gasteiger partial charge on any atom is 0.322 e. The summed E-state index contributed by atoms with van der Waals surface area (Å²) in [5.74, 6) is -1.32. The zero-order valence-electron chi connectivity index (χ0n) is 28.3. The third-order valence-electron chi connectivity index (χ3n) is 8.17. The Morgan fingerprint density at radius 3 is 1.56 bits per heavy atom. The number of aliphatic carboxylic acids is 1. The second kappa shape index (κ2) is 33.1. The summed E-state index contributed by atoms with van der Waals surface area (Å²) in [4.78, 5) is 34.8. The van der Waals surface area contributed by atoms with Crippen LogP contribution in [0.1, 0.15) is 194 Å². The van der Waals surface area contributed by atoms with Crippen molar-refractivity contribution in [3.63, 3.8) is 0 Å². The van der Waals surface area contributed by atoms with Crippen molar-refractivity contribution in [3.05, 3.63) is 12.2 Å². The van der Waals surface area contributed by atoms with Gasteiger partial charge in [0.05, 0.1) is 0 Å². The van der Waals surface area contributed by atoms with Gasteiger partial charge in [-0.3, -0.25) is 14.4 Å². The Balaban J connectivity index is 4.05. The number of nitrogens with one attached hydrogen (secondary N) is 1. The summed E-state index contributed by atoms with van der Waals surface area (Å²) in [6.07, 6.45) is 36.3. The summed E-state index contributed by atoms with van der Waals surface area (Å²) in [5, 5.41) is 11.0. The molecule has 2 N–H and O–H groups in total. The lowest BCUT2D eigenvalue weighted by atomic mass is 10.0. The maximum absolute atomic E-state index is 12.6. The third-order valence-corrected chi connectivity index (χ3v) is 8.17. The molecule has 0 aromatic carbocycles. The van der Waals surface area contributed by atoms with Crippen molar-refractivity contribution in [2.75, 3.05) is 6.54 Å². The van der Waals surface area contributed by atoms with E-state index in [9.17, 15) is 14.4 Å². The van der Waals surface area contributed by atoms with Gasteiger partial charge in [-0.15, -0.1) is 0 Å². The Kier molecular flexibility index (Phi) is 31.6. The van der Waals surface area contributed by atoms with Gasteiger partial charge in [0.15, 0.2) is 0 Å². The number of unbranched alkanes of at least 4 members (excludes halogenated alkanes) is 22. The molecule has 0 aromatic heterocycles. The molecule has 0 rings (SSSR count). The van der Waals surface area contributed by atoms with Crippen molar-refractivity contribution in [3.8, 4) is 0 Å². The molecule has 0 spiro atoms. The van der Waals surface area contributed by atoms with E-state index in [2.05, 4.69) is 31.3 Å². The SMILES string of the molecule is CCCCCCC/C=C\C(CCCCCCC(=O)NCC(=O)O)OC(=O)CCCCCCCCCCCCCCCCC. The number of esters is 1. The highest BCUT2D eigenvalue weighted by molar-refractivity contribution is 5.80. The van der Waals surface area contributed by atoms with Crippen molar-refractivity contribution >= 4 is 17.8 Å². The van der Waals surface area contributed by atoms with Crippen LogP contribution in [0.4, 0.5) is 0 Å². The number of hydrogen-bond acceptors (Lipinski definition) is 4. The fourth-order valence-electron chi connectivity index (χ4n) is 5.42. The molecule has 252 valence electrons. The van der Waals surface area contributed by atoms with Crippen LogP contribution in [0.5, 0.6) is 0 Å². The highest BCUT2D eigenvalue weighted by Crippen LogP contribution is 2.16. The van der Waals surface area contributed by atoms with Gasteiger partial charge in [-0.05, 0) is 44.6 Å². The first-order valence-corrected chi connectivity index (χ1v) is 18.3. The van der Waals surface area contributed by atoms with Crippen LogP contribution < -0.4 is 5.32 Å². The molecular formula is C37H69NO5. The molecule has 0 saturated heterocycles. The number of carboxylic acids is 1.